The average molecular weight is 273 g/mol. The smallest absolute Gasteiger partial charge is 0.240 e. The molecular weight excluding hydrogens is 254 g/mol. The fourth-order valence-corrected chi connectivity index (χ4v) is 2.73. The minimum absolute atomic E-state index is 0.250. The lowest BCUT2D eigenvalue weighted by Gasteiger charge is -2.12. The number of nitrogens with two attached hydrogens (primary N) is 1. The van der Waals surface area contributed by atoms with Crippen LogP contribution in [-0.2, 0) is 19.4 Å². The summed E-state index contributed by atoms with van der Waals surface area (Å²) in [5.74, 6) is 1.79. The van der Waals surface area contributed by atoms with Crippen molar-refractivity contribution in [2.24, 2.45) is 5.73 Å². The molecule has 5 nitrogen and oxygen atoms in total. The predicted octanol–water partition coefficient (Wildman–Crippen LogP) is 2.47. The zero-order chi connectivity index (χ0) is 13.9. The third-order valence-corrected chi connectivity index (χ3v) is 3.80. The molecule has 0 saturated carbocycles. The van der Waals surface area contributed by atoms with Gasteiger partial charge in [-0.2, -0.15) is 4.98 Å². The third kappa shape index (κ3) is 2.41. The molecule has 0 fully saturated rings. The third-order valence-electron chi connectivity index (χ3n) is 3.80. The fraction of sp³-hybridized carbons (Fsp3) is 0.467. The second-order valence-electron chi connectivity index (χ2n) is 5.10. The van der Waals surface area contributed by atoms with Crippen LogP contribution in [-0.4, -0.2) is 17.3 Å². The highest BCUT2D eigenvalue weighted by molar-refractivity contribution is 5.66. The van der Waals surface area contributed by atoms with Crippen molar-refractivity contribution < 1.29 is 9.26 Å². The van der Waals surface area contributed by atoms with Crippen molar-refractivity contribution in [1.82, 2.24) is 10.1 Å². The van der Waals surface area contributed by atoms with Crippen molar-refractivity contribution in [2.75, 3.05) is 7.11 Å². The normalized spacial score (nSPS) is 14.7. The Morgan fingerprint density at radius 1 is 1.20 bits per heavy atom. The van der Waals surface area contributed by atoms with Crippen molar-refractivity contribution in [3.05, 3.63) is 29.2 Å². The molecule has 2 aromatic rings. The van der Waals surface area contributed by atoms with Gasteiger partial charge in [0.25, 0.3) is 0 Å². The lowest BCUT2D eigenvalue weighted by molar-refractivity contribution is 0.379. The van der Waals surface area contributed by atoms with Gasteiger partial charge in [0.05, 0.1) is 19.2 Å². The number of hydrogen-bond donors (Lipinski definition) is 1. The van der Waals surface area contributed by atoms with Crippen LogP contribution in [0.4, 0.5) is 0 Å². The van der Waals surface area contributed by atoms with E-state index in [1.165, 1.54) is 30.4 Å². The quantitative estimate of drug-likeness (QED) is 0.870. The first-order valence-electron chi connectivity index (χ1n) is 7.04. The Labute approximate surface area is 118 Å². The molecular formula is C15H19N3O2. The number of rotatable bonds is 3. The van der Waals surface area contributed by atoms with Crippen LogP contribution in [0.15, 0.2) is 16.7 Å². The maximum atomic E-state index is 5.52. The number of hydrogen-bond acceptors (Lipinski definition) is 5. The monoisotopic (exact) mass is 273 g/mol. The van der Waals surface area contributed by atoms with Crippen molar-refractivity contribution >= 4 is 0 Å². The van der Waals surface area contributed by atoms with E-state index in [0.29, 0.717) is 11.7 Å². The Bertz CT molecular complexity index is 607. The lowest BCUT2D eigenvalue weighted by Crippen LogP contribution is -1.98. The Morgan fingerprint density at radius 2 is 1.95 bits per heavy atom. The largest absolute Gasteiger partial charge is 0.496 e. The van der Waals surface area contributed by atoms with E-state index >= 15 is 0 Å². The molecule has 5 heteroatoms. The SMILES string of the molecule is COc1cc2c(cc1-c1noc(CN)n1)CCCCC2. The van der Waals surface area contributed by atoms with E-state index in [9.17, 15) is 0 Å². The van der Waals surface area contributed by atoms with Crippen molar-refractivity contribution in [2.45, 2.75) is 38.6 Å². The molecule has 0 saturated heterocycles. The van der Waals surface area contributed by atoms with E-state index in [1.54, 1.807) is 7.11 Å². The summed E-state index contributed by atoms with van der Waals surface area (Å²) in [6, 6.07) is 4.26. The molecule has 20 heavy (non-hydrogen) atoms. The first-order chi connectivity index (χ1) is 9.81. The molecule has 1 aromatic heterocycles. The van der Waals surface area contributed by atoms with Gasteiger partial charge in [0.1, 0.15) is 5.75 Å². The fourth-order valence-electron chi connectivity index (χ4n) is 2.73. The Hall–Kier alpha value is -1.88. The Balaban J connectivity index is 2.07. The van der Waals surface area contributed by atoms with Crippen LogP contribution in [0.5, 0.6) is 5.75 Å². The first kappa shape index (κ1) is 13.1. The second kappa shape index (κ2) is 5.63. The summed E-state index contributed by atoms with van der Waals surface area (Å²) >= 11 is 0. The minimum atomic E-state index is 0.250. The van der Waals surface area contributed by atoms with Gasteiger partial charge in [0.15, 0.2) is 0 Å². The van der Waals surface area contributed by atoms with Crippen LogP contribution < -0.4 is 10.5 Å². The molecule has 106 valence electrons. The standard InChI is InChI=1S/C15H19N3O2/c1-19-13-8-11-6-4-2-3-5-10(11)7-12(13)15-17-14(9-16)20-18-15/h7-8H,2-6,9,16H2,1H3. The topological polar surface area (TPSA) is 74.2 Å². The number of aromatic nitrogens is 2. The van der Waals surface area contributed by atoms with E-state index in [-0.39, 0.29) is 6.54 Å². The Kier molecular flexibility index (Phi) is 3.69. The van der Waals surface area contributed by atoms with E-state index in [0.717, 1.165) is 24.2 Å². The van der Waals surface area contributed by atoms with Gasteiger partial charge in [-0.05, 0) is 48.9 Å². The van der Waals surface area contributed by atoms with Crippen molar-refractivity contribution in [3.8, 4) is 17.1 Å². The van der Waals surface area contributed by atoms with E-state index in [4.69, 9.17) is 15.0 Å². The summed E-state index contributed by atoms with van der Waals surface area (Å²) < 4.78 is 10.6. The number of methoxy groups -OCH3 is 1. The summed E-state index contributed by atoms with van der Waals surface area (Å²) in [6.07, 6.45) is 5.99. The highest BCUT2D eigenvalue weighted by Crippen LogP contribution is 2.33. The molecule has 1 aliphatic carbocycles. The van der Waals surface area contributed by atoms with Gasteiger partial charge >= 0.3 is 0 Å². The molecule has 1 aliphatic rings. The van der Waals surface area contributed by atoms with Gasteiger partial charge < -0.3 is 15.0 Å². The number of nitrogens with zero attached hydrogens (tertiary/aromatic N) is 2. The summed E-state index contributed by atoms with van der Waals surface area (Å²) in [6.45, 7) is 0.250. The van der Waals surface area contributed by atoms with E-state index < -0.39 is 0 Å². The van der Waals surface area contributed by atoms with E-state index in [2.05, 4.69) is 22.3 Å². The minimum Gasteiger partial charge on any atom is -0.496 e. The summed E-state index contributed by atoms with van der Waals surface area (Å²) in [7, 11) is 1.67. The predicted molar refractivity (Wildman–Crippen MR) is 75.4 cm³/mol. The molecule has 0 bridgehead atoms. The maximum Gasteiger partial charge on any atom is 0.240 e. The van der Waals surface area contributed by atoms with Crippen LogP contribution in [0.3, 0.4) is 0 Å². The highest BCUT2D eigenvalue weighted by Gasteiger charge is 2.17. The van der Waals surface area contributed by atoms with Gasteiger partial charge in [-0.3, -0.25) is 0 Å². The van der Waals surface area contributed by atoms with Crippen LogP contribution in [0.1, 0.15) is 36.3 Å². The summed E-state index contributed by atoms with van der Waals surface area (Å²) in [5.41, 5.74) is 9.15. The number of fused-ring (bicyclic) bond motifs is 1. The molecule has 0 unspecified atom stereocenters. The lowest BCUT2D eigenvalue weighted by atomic mass is 9.99. The average Bonchev–Trinajstić information content (AvgIpc) is 2.84. The van der Waals surface area contributed by atoms with E-state index in [1.807, 2.05) is 0 Å². The second-order valence-corrected chi connectivity index (χ2v) is 5.10. The number of aryl methyl sites for hydroxylation is 2. The van der Waals surface area contributed by atoms with Crippen LogP contribution >= 0.6 is 0 Å². The van der Waals surface area contributed by atoms with Gasteiger partial charge in [-0.15, -0.1) is 0 Å². The van der Waals surface area contributed by atoms with Gasteiger partial charge in [-0.1, -0.05) is 11.6 Å². The summed E-state index contributed by atoms with van der Waals surface area (Å²) in [5, 5.41) is 3.99. The van der Waals surface area contributed by atoms with Crippen LogP contribution in [0, 0.1) is 0 Å². The number of benzene rings is 1. The molecule has 0 aliphatic heterocycles. The maximum absolute atomic E-state index is 5.52. The zero-order valence-electron chi connectivity index (χ0n) is 11.7. The van der Waals surface area contributed by atoms with Crippen molar-refractivity contribution in [3.63, 3.8) is 0 Å². The summed E-state index contributed by atoms with van der Waals surface area (Å²) in [4.78, 5) is 4.30. The molecule has 0 amide bonds. The molecule has 2 N–H and O–H groups in total. The molecule has 1 aromatic carbocycles. The molecule has 0 spiro atoms. The van der Waals surface area contributed by atoms with Gasteiger partial charge in [0.2, 0.25) is 11.7 Å². The van der Waals surface area contributed by atoms with Crippen LogP contribution in [0.2, 0.25) is 0 Å². The molecule has 1 heterocycles. The molecule has 0 atom stereocenters. The first-order valence-corrected chi connectivity index (χ1v) is 7.04. The Morgan fingerprint density at radius 3 is 2.60 bits per heavy atom. The molecule has 3 rings (SSSR count). The highest BCUT2D eigenvalue weighted by atomic mass is 16.5. The number of ether oxygens (including phenoxy) is 1. The zero-order valence-corrected chi connectivity index (χ0v) is 11.7. The molecule has 0 radical (unpaired) electrons. The van der Waals surface area contributed by atoms with Gasteiger partial charge in [0, 0.05) is 0 Å². The van der Waals surface area contributed by atoms with Gasteiger partial charge in [-0.25, -0.2) is 0 Å². The van der Waals surface area contributed by atoms with Crippen molar-refractivity contribution in [1.29, 1.82) is 0 Å². The van der Waals surface area contributed by atoms with Crippen LogP contribution in [0.25, 0.3) is 11.4 Å².